The Balaban J connectivity index is 1.37. The van der Waals surface area contributed by atoms with Crippen LogP contribution in [0.15, 0.2) is 72.8 Å². The van der Waals surface area contributed by atoms with E-state index >= 15 is 0 Å². The van der Waals surface area contributed by atoms with Gasteiger partial charge in [0.1, 0.15) is 24.4 Å². The van der Waals surface area contributed by atoms with E-state index in [1.807, 2.05) is 48.5 Å². The summed E-state index contributed by atoms with van der Waals surface area (Å²) in [6.07, 6.45) is -0.599. The molecule has 152 valence electrons. The number of rotatable bonds is 4. The predicted molar refractivity (Wildman–Crippen MR) is 107 cm³/mol. The minimum Gasteiger partial charge on any atom is -0.368 e. The topological polar surface area (TPSA) is 46.2 Å². The van der Waals surface area contributed by atoms with Crippen molar-refractivity contribution in [2.45, 2.75) is 49.8 Å². The first kappa shape index (κ1) is 19.0. The molecule has 3 heterocycles. The minimum atomic E-state index is -0.431. The van der Waals surface area contributed by atoms with Gasteiger partial charge in [0.05, 0.1) is 25.9 Å². The van der Waals surface area contributed by atoms with Crippen LogP contribution in [0.5, 0.6) is 0 Å². The molecule has 5 heteroatoms. The van der Waals surface area contributed by atoms with Crippen molar-refractivity contribution in [3.05, 3.63) is 83.9 Å². The van der Waals surface area contributed by atoms with Gasteiger partial charge in [-0.25, -0.2) is 0 Å². The second-order valence-corrected chi connectivity index (χ2v) is 7.88. The van der Waals surface area contributed by atoms with Crippen LogP contribution in [0.3, 0.4) is 0 Å². The predicted octanol–water partition coefficient (Wildman–Crippen LogP) is 3.80. The van der Waals surface area contributed by atoms with E-state index in [1.165, 1.54) is 0 Å². The van der Waals surface area contributed by atoms with Crippen LogP contribution >= 0.6 is 0 Å². The summed E-state index contributed by atoms with van der Waals surface area (Å²) in [7, 11) is 0. The smallest absolute Gasteiger partial charge is 0.184 e. The van der Waals surface area contributed by atoms with Gasteiger partial charge in [0.2, 0.25) is 0 Å². The average Bonchev–Trinajstić information content (AvgIpc) is 2.77. The molecule has 29 heavy (non-hydrogen) atoms. The van der Waals surface area contributed by atoms with Crippen LogP contribution in [0.4, 0.5) is 0 Å². The maximum Gasteiger partial charge on any atom is 0.184 e. The molecule has 1 unspecified atom stereocenters. The lowest BCUT2D eigenvalue weighted by atomic mass is 9.89. The summed E-state index contributed by atoms with van der Waals surface area (Å²) in [5, 5.41) is 0. The molecular formula is C24H26O5. The van der Waals surface area contributed by atoms with Crippen molar-refractivity contribution in [1.82, 2.24) is 0 Å². The van der Waals surface area contributed by atoms with E-state index in [0.717, 1.165) is 23.1 Å². The highest BCUT2D eigenvalue weighted by Gasteiger charge is 2.52. The molecule has 0 bridgehead atoms. The molecule has 3 aliphatic rings. The molecule has 5 nitrogen and oxygen atoms in total. The van der Waals surface area contributed by atoms with Gasteiger partial charge in [-0.2, -0.15) is 0 Å². The monoisotopic (exact) mass is 394 g/mol. The van der Waals surface area contributed by atoms with Crippen LogP contribution in [-0.2, 0) is 30.3 Å². The molecular weight excluding hydrogens is 368 g/mol. The van der Waals surface area contributed by atoms with Gasteiger partial charge >= 0.3 is 0 Å². The molecule has 2 aromatic carbocycles. The van der Waals surface area contributed by atoms with Crippen LogP contribution in [0, 0.1) is 0 Å². The van der Waals surface area contributed by atoms with Crippen LogP contribution in [0.25, 0.3) is 0 Å². The summed E-state index contributed by atoms with van der Waals surface area (Å²) >= 11 is 0. The standard InChI is InChI=1S/C24H26O5/c1-16-12-19-21(25-13-16)23(26-14-17-8-4-2-5-9-17)22-20(28-19)15-27-24(29-22)18-10-6-3-7-11-18/h2-11,19-24H,1,12-15H2/t19-,20+,21+,22+,23+,24?/m0/s1. The lowest BCUT2D eigenvalue weighted by Gasteiger charge is -2.50. The van der Waals surface area contributed by atoms with Crippen LogP contribution < -0.4 is 0 Å². The molecule has 5 rings (SSSR count). The van der Waals surface area contributed by atoms with Crippen molar-refractivity contribution in [1.29, 1.82) is 0 Å². The van der Waals surface area contributed by atoms with E-state index in [1.54, 1.807) is 0 Å². The zero-order valence-corrected chi connectivity index (χ0v) is 16.3. The Morgan fingerprint density at radius 1 is 0.862 bits per heavy atom. The van der Waals surface area contributed by atoms with Gasteiger partial charge < -0.3 is 23.7 Å². The summed E-state index contributed by atoms with van der Waals surface area (Å²) < 4.78 is 31.2. The minimum absolute atomic E-state index is 0.0845. The summed E-state index contributed by atoms with van der Waals surface area (Å²) in [4.78, 5) is 0. The fraction of sp³-hybridized carbons (Fsp3) is 0.417. The highest BCUT2D eigenvalue weighted by Crippen LogP contribution is 2.39. The Morgan fingerprint density at radius 2 is 1.62 bits per heavy atom. The molecule has 6 atom stereocenters. The van der Waals surface area contributed by atoms with Gasteiger partial charge in [-0.1, -0.05) is 67.2 Å². The molecule has 0 N–H and O–H groups in total. The fourth-order valence-electron chi connectivity index (χ4n) is 4.32. The van der Waals surface area contributed by atoms with E-state index < -0.39 is 6.29 Å². The summed E-state index contributed by atoms with van der Waals surface area (Å²) in [6.45, 7) is 5.57. The molecule has 0 spiro atoms. The lowest BCUT2D eigenvalue weighted by Crippen LogP contribution is -2.64. The average molecular weight is 394 g/mol. The van der Waals surface area contributed by atoms with E-state index in [2.05, 4.69) is 18.7 Å². The van der Waals surface area contributed by atoms with Gasteiger partial charge in [0, 0.05) is 5.56 Å². The van der Waals surface area contributed by atoms with Crippen molar-refractivity contribution >= 4 is 0 Å². The maximum atomic E-state index is 6.41. The van der Waals surface area contributed by atoms with Crippen LogP contribution in [-0.4, -0.2) is 43.7 Å². The summed E-state index contributed by atoms with van der Waals surface area (Å²) in [5.41, 5.74) is 3.16. The van der Waals surface area contributed by atoms with Gasteiger partial charge in [-0.15, -0.1) is 0 Å². The van der Waals surface area contributed by atoms with E-state index in [0.29, 0.717) is 19.8 Å². The number of fused-ring (bicyclic) bond motifs is 2. The Hall–Kier alpha value is -2.02. The molecule has 0 aromatic heterocycles. The Kier molecular flexibility index (Phi) is 5.48. The van der Waals surface area contributed by atoms with Gasteiger partial charge in [-0.05, 0) is 17.6 Å². The van der Waals surface area contributed by atoms with Crippen molar-refractivity contribution < 1.29 is 23.7 Å². The molecule has 0 aliphatic carbocycles. The summed E-state index contributed by atoms with van der Waals surface area (Å²) in [6, 6.07) is 20.2. The zero-order valence-electron chi connectivity index (χ0n) is 16.3. The molecule has 0 amide bonds. The Labute approximate surface area is 171 Å². The van der Waals surface area contributed by atoms with Crippen LogP contribution in [0.2, 0.25) is 0 Å². The third-order valence-corrected chi connectivity index (χ3v) is 5.75. The molecule has 3 fully saturated rings. The largest absolute Gasteiger partial charge is 0.368 e. The van der Waals surface area contributed by atoms with Gasteiger partial charge in [0.15, 0.2) is 6.29 Å². The van der Waals surface area contributed by atoms with Crippen molar-refractivity contribution in [3.63, 3.8) is 0 Å². The number of hydrogen-bond donors (Lipinski definition) is 0. The molecule has 3 aliphatic heterocycles. The van der Waals surface area contributed by atoms with Crippen molar-refractivity contribution in [2.75, 3.05) is 13.2 Å². The number of benzene rings is 2. The molecule has 3 saturated heterocycles. The quantitative estimate of drug-likeness (QED) is 0.739. The van der Waals surface area contributed by atoms with E-state index in [-0.39, 0.29) is 30.5 Å². The first-order valence-electron chi connectivity index (χ1n) is 10.2. The molecule has 2 aromatic rings. The lowest BCUT2D eigenvalue weighted by molar-refractivity contribution is -0.341. The second kappa shape index (κ2) is 8.38. The highest BCUT2D eigenvalue weighted by molar-refractivity contribution is 5.17. The number of hydrogen-bond acceptors (Lipinski definition) is 5. The van der Waals surface area contributed by atoms with Gasteiger partial charge in [-0.3, -0.25) is 0 Å². The molecule has 0 radical (unpaired) electrons. The summed E-state index contributed by atoms with van der Waals surface area (Å²) in [5.74, 6) is 0. The third kappa shape index (κ3) is 4.02. The number of ether oxygens (including phenoxy) is 5. The fourth-order valence-corrected chi connectivity index (χ4v) is 4.32. The highest BCUT2D eigenvalue weighted by atomic mass is 16.7. The second-order valence-electron chi connectivity index (χ2n) is 7.88. The normalized spacial score (nSPS) is 34.3. The maximum absolute atomic E-state index is 6.41. The first-order valence-corrected chi connectivity index (χ1v) is 10.2. The molecule has 0 saturated carbocycles. The van der Waals surface area contributed by atoms with Gasteiger partial charge in [0.25, 0.3) is 0 Å². The SMILES string of the molecule is C=C1CO[C@H]2[C@@H](OCc3ccccc3)[C@@H]3OC(c4ccccc4)OC[C@H]3O[C@H]2C1. The third-order valence-electron chi connectivity index (χ3n) is 5.75. The van der Waals surface area contributed by atoms with E-state index in [9.17, 15) is 0 Å². The van der Waals surface area contributed by atoms with Crippen molar-refractivity contribution in [2.24, 2.45) is 0 Å². The zero-order chi connectivity index (χ0) is 19.6. The van der Waals surface area contributed by atoms with E-state index in [4.69, 9.17) is 23.7 Å². The van der Waals surface area contributed by atoms with Crippen molar-refractivity contribution in [3.8, 4) is 0 Å². The first-order chi connectivity index (χ1) is 14.3. The Morgan fingerprint density at radius 3 is 2.41 bits per heavy atom. The van der Waals surface area contributed by atoms with Crippen LogP contribution in [0.1, 0.15) is 23.8 Å². The Bertz CT molecular complexity index is 824.